The van der Waals surface area contributed by atoms with Gasteiger partial charge in [0.05, 0.1) is 0 Å². The molecule has 0 aromatic heterocycles. The fraction of sp³-hybridized carbons (Fsp3) is 0.571. The summed E-state index contributed by atoms with van der Waals surface area (Å²) in [5.41, 5.74) is 4.37. The zero-order valence-corrected chi connectivity index (χ0v) is 10.8. The molecule has 0 aliphatic carbocycles. The zero-order chi connectivity index (χ0) is 11.6. The van der Waals surface area contributed by atoms with Gasteiger partial charge in [-0.05, 0) is 37.4 Å². The number of benzene rings is 1. The Labute approximate surface area is 93.9 Å². The van der Waals surface area contributed by atoms with Crippen LogP contribution in [0, 0.1) is 19.3 Å². The fourth-order valence-electron chi connectivity index (χ4n) is 2.13. The van der Waals surface area contributed by atoms with Gasteiger partial charge < -0.3 is 5.32 Å². The minimum atomic E-state index is 0.243. The molecule has 0 aliphatic heterocycles. The van der Waals surface area contributed by atoms with E-state index in [0.29, 0.717) is 6.04 Å². The van der Waals surface area contributed by atoms with Gasteiger partial charge in [-0.3, -0.25) is 0 Å². The van der Waals surface area contributed by atoms with E-state index in [0.717, 1.165) is 0 Å². The molecule has 0 aliphatic rings. The second-order valence-electron chi connectivity index (χ2n) is 5.45. The summed E-state index contributed by atoms with van der Waals surface area (Å²) in [6.07, 6.45) is 0. The molecule has 0 saturated heterocycles. The van der Waals surface area contributed by atoms with Crippen LogP contribution in [0.1, 0.15) is 43.5 Å². The van der Waals surface area contributed by atoms with Crippen molar-refractivity contribution in [3.8, 4) is 0 Å². The van der Waals surface area contributed by atoms with Crippen LogP contribution in [0.3, 0.4) is 0 Å². The molecule has 1 atom stereocenters. The summed E-state index contributed by atoms with van der Waals surface area (Å²) in [5.74, 6) is 0. The molecule has 84 valence electrons. The van der Waals surface area contributed by atoms with Gasteiger partial charge in [0.1, 0.15) is 0 Å². The molecular formula is C14H23N. The summed E-state index contributed by atoms with van der Waals surface area (Å²) in [4.78, 5) is 0. The van der Waals surface area contributed by atoms with Crippen molar-refractivity contribution in [3.63, 3.8) is 0 Å². The molecule has 1 heteroatoms. The van der Waals surface area contributed by atoms with Gasteiger partial charge in [-0.15, -0.1) is 0 Å². The van der Waals surface area contributed by atoms with Gasteiger partial charge >= 0.3 is 0 Å². The van der Waals surface area contributed by atoms with E-state index >= 15 is 0 Å². The number of aryl methyl sites for hydroxylation is 2. The second-order valence-corrected chi connectivity index (χ2v) is 5.45. The highest BCUT2D eigenvalue weighted by Gasteiger charge is 2.25. The lowest BCUT2D eigenvalue weighted by Gasteiger charge is -2.32. The van der Waals surface area contributed by atoms with Crippen molar-refractivity contribution in [1.29, 1.82) is 0 Å². The van der Waals surface area contributed by atoms with Gasteiger partial charge in [0, 0.05) is 6.04 Å². The molecule has 1 N–H and O–H groups in total. The lowest BCUT2D eigenvalue weighted by Crippen LogP contribution is -2.30. The third-order valence-electron chi connectivity index (χ3n) is 2.90. The Balaban J connectivity index is 3.18. The Morgan fingerprint density at radius 3 is 2.20 bits per heavy atom. The predicted molar refractivity (Wildman–Crippen MR) is 67.2 cm³/mol. The summed E-state index contributed by atoms with van der Waals surface area (Å²) in [6.45, 7) is 11.2. The van der Waals surface area contributed by atoms with E-state index in [1.54, 1.807) is 0 Å². The van der Waals surface area contributed by atoms with E-state index in [2.05, 4.69) is 58.1 Å². The maximum Gasteiger partial charge on any atom is 0.0369 e. The predicted octanol–water partition coefficient (Wildman–Crippen LogP) is 3.61. The van der Waals surface area contributed by atoms with Crippen molar-refractivity contribution in [2.75, 3.05) is 7.05 Å². The summed E-state index contributed by atoms with van der Waals surface area (Å²) in [7, 11) is 2.04. The van der Waals surface area contributed by atoms with Crippen LogP contribution in [0.15, 0.2) is 18.2 Å². The fourth-order valence-corrected chi connectivity index (χ4v) is 2.13. The SMILES string of the molecule is CNC(c1cc(C)ccc1C)C(C)(C)C. The standard InChI is InChI=1S/C14H23N/c1-10-7-8-11(2)12(9-10)13(15-6)14(3,4)5/h7-9,13,15H,1-6H3. The third kappa shape index (κ3) is 2.82. The van der Waals surface area contributed by atoms with Crippen molar-refractivity contribution < 1.29 is 0 Å². The first kappa shape index (κ1) is 12.3. The largest absolute Gasteiger partial charge is 0.313 e. The first-order valence-electron chi connectivity index (χ1n) is 5.60. The molecule has 1 rings (SSSR count). The number of rotatable bonds is 2. The van der Waals surface area contributed by atoms with Crippen LogP contribution >= 0.6 is 0 Å². The molecule has 0 heterocycles. The topological polar surface area (TPSA) is 12.0 Å². The van der Waals surface area contributed by atoms with Crippen molar-refractivity contribution in [3.05, 3.63) is 34.9 Å². The Morgan fingerprint density at radius 2 is 1.73 bits per heavy atom. The van der Waals surface area contributed by atoms with Gasteiger partial charge in [-0.1, -0.05) is 44.5 Å². The average Bonchev–Trinajstić information content (AvgIpc) is 2.10. The second kappa shape index (κ2) is 4.36. The molecule has 0 bridgehead atoms. The first-order chi connectivity index (χ1) is 6.86. The van der Waals surface area contributed by atoms with Crippen LogP contribution in [0.2, 0.25) is 0 Å². The highest BCUT2D eigenvalue weighted by Crippen LogP contribution is 2.34. The average molecular weight is 205 g/mol. The molecule has 15 heavy (non-hydrogen) atoms. The van der Waals surface area contributed by atoms with Crippen molar-refractivity contribution in [1.82, 2.24) is 5.32 Å². The molecular weight excluding hydrogens is 182 g/mol. The van der Waals surface area contributed by atoms with Crippen LogP contribution in [-0.2, 0) is 0 Å². The molecule has 0 radical (unpaired) electrons. The van der Waals surface area contributed by atoms with Gasteiger partial charge in [-0.2, -0.15) is 0 Å². The number of nitrogens with one attached hydrogen (secondary N) is 1. The van der Waals surface area contributed by atoms with Gasteiger partial charge in [0.15, 0.2) is 0 Å². The minimum Gasteiger partial charge on any atom is -0.313 e. The Kier molecular flexibility index (Phi) is 3.56. The molecule has 1 aromatic rings. The van der Waals surface area contributed by atoms with E-state index in [-0.39, 0.29) is 5.41 Å². The molecule has 1 unspecified atom stereocenters. The van der Waals surface area contributed by atoms with E-state index in [9.17, 15) is 0 Å². The van der Waals surface area contributed by atoms with Crippen LogP contribution in [0.5, 0.6) is 0 Å². The summed E-state index contributed by atoms with van der Waals surface area (Å²) >= 11 is 0. The monoisotopic (exact) mass is 205 g/mol. The van der Waals surface area contributed by atoms with Gasteiger partial charge in [0.2, 0.25) is 0 Å². The van der Waals surface area contributed by atoms with E-state index in [4.69, 9.17) is 0 Å². The highest BCUT2D eigenvalue weighted by molar-refractivity contribution is 5.33. The van der Waals surface area contributed by atoms with Gasteiger partial charge in [0.25, 0.3) is 0 Å². The molecule has 0 saturated carbocycles. The van der Waals surface area contributed by atoms with Crippen LogP contribution in [-0.4, -0.2) is 7.05 Å². The van der Waals surface area contributed by atoms with Crippen molar-refractivity contribution in [2.45, 2.75) is 40.7 Å². The van der Waals surface area contributed by atoms with Gasteiger partial charge in [-0.25, -0.2) is 0 Å². The van der Waals surface area contributed by atoms with Crippen molar-refractivity contribution >= 4 is 0 Å². The lowest BCUT2D eigenvalue weighted by atomic mass is 9.80. The molecule has 0 fully saturated rings. The van der Waals surface area contributed by atoms with Crippen LogP contribution < -0.4 is 5.32 Å². The maximum atomic E-state index is 3.43. The molecule has 1 aromatic carbocycles. The smallest absolute Gasteiger partial charge is 0.0369 e. The lowest BCUT2D eigenvalue weighted by molar-refractivity contribution is 0.286. The normalized spacial score (nSPS) is 14.0. The molecule has 0 spiro atoms. The summed E-state index contributed by atoms with van der Waals surface area (Å²) in [5, 5.41) is 3.43. The van der Waals surface area contributed by atoms with E-state index in [1.165, 1.54) is 16.7 Å². The first-order valence-corrected chi connectivity index (χ1v) is 5.60. The Hall–Kier alpha value is -0.820. The number of hydrogen-bond acceptors (Lipinski definition) is 1. The Morgan fingerprint density at radius 1 is 1.13 bits per heavy atom. The quantitative estimate of drug-likeness (QED) is 0.777. The summed E-state index contributed by atoms with van der Waals surface area (Å²) in [6, 6.07) is 7.09. The Bertz CT molecular complexity index is 334. The molecule has 1 nitrogen and oxygen atoms in total. The third-order valence-corrected chi connectivity index (χ3v) is 2.90. The number of hydrogen-bond donors (Lipinski definition) is 1. The van der Waals surface area contributed by atoms with Crippen LogP contribution in [0.4, 0.5) is 0 Å². The zero-order valence-electron chi connectivity index (χ0n) is 10.8. The molecule has 0 amide bonds. The van der Waals surface area contributed by atoms with E-state index < -0.39 is 0 Å². The maximum absolute atomic E-state index is 3.43. The van der Waals surface area contributed by atoms with Crippen molar-refractivity contribution in [2.24, 2.45) is 5.41 Å². The van der Waals surface area contributed by atoms with E-state index in [1.807, 2.05) is 7.05 Å². The summed E-state index contributed by atoms with van der Waals surface area (Å²) < 4.78 is 0. The van der Waals surface area contributed by atoms with Crippen LogP contribution in [0.25, 0.3) is 0 Å². The highest BCUT2D eigenvalue weighted by atomic mass is 14.9. The minimum absolute atomic E-state index is 0.243.